The van der Waals surface area contributed by atoms with E-state index in [0.29, 0.717) is 12.3 Å². The van der Waals surface area contributed by atoms with Crippen LogP contribution in [0.1, 0.15) is 5.69 Å². The summed E-state index contributed by atoms with van der Waals surface area (Å²) in [5, 5.41) is 18.7. The largest absolute Gasteiger partial charge is 0.479 e. The van der Waals surface area contributed by atoms with Gasteiger partial charge in [0.1, 0.15) is 0 Å². The Hall–Kier alpha value is -2.03. The maximum Gasteiger partial charge on any atom is 0.348 e. The maximum atomic E-state index is 11.5. The van der Waals surface area contributed by atoms with Crippen LogP contribution < -0.4 is 0 Å². The van der Waals surface area contributed by atoms with Gasteiger partial charge in [-0.1, -0.05) is 6.07 Å². The number of hydrogen-bond donors (Lipinski definition) is 2. The van der Waals surface area contributed by atoms with Gasteiger partial charge in [-0.25, -0.2) is 9.59 Å². The number of rotatable bonds is 6. The Morgan fingerprint density at radius 1 is 1.33 bits per heavy atom. The van der Waals surface area contributed by atoms with E-state index in [0.717, 1.165) is 0 Å². The minimum atomic E-state index is -2.47. The minimum Gasteiger partial charge on any atom is -0.479 e. The molecule has 2 heterocycles. The Balaban J connectivity index is 2.24. The first-order chi connectivity index (χ1) is 10.0. The number of aliphatic carboxylic acids is 2. The van der Waals surface area contributed by atoms with Gasteiger partial charge in [-0.3, -0.25) is 4.98 Å². The second kappa shape index (κ2) is 6.61. The molecular weight excluding hydrogens is 282 g/mol. The summed E-state index contributed by atoms with van der Waals surface area (Å²) >= 11 is 0. The lowest BCUT2D eigenvalue weighted by Gasteiger charge is -2.31. The number of aromatic nitrogens is 1. The first kappa shape index (κ1) is 15.4. The molecule has 0 amide bonds. The molecule has 0 saturated carbocycles. The fourth-order valence-electron chi connectivity index (χ4n) is 1.90. The average Bonchev–Trinajstić information content (AvgIpc) is 2.48. The maximum absolute atomic E-state index is 11.5. The van der Waals surface area contributed by atoms with Crippen molar-refractivity contribution in [3.63, 3.8) is 0 Å². The number of carboxylic acids is 2. The molecule has 2 rings (SSSR count). The number of carbonyl (C=O) groups is 2. The molecule has 8 nitrogen and oxygen atoms in total. The van der Waals surface area contributed by atoms with Gasteiger partial charge in [0.25, 0.3) is 5.60 Å². The molecule has 1 aromatic rings. The van der Waals surface area contributed by atoms with Crippen molar-refractivity contribution in [2.24, 2.45) is 0 Å². The van der Waals surface area contributed by atoms with Crippen LogP contribution in [0.25, 0.3) is 0 Å². The van der Waals surface area contributed by atoms with Crippen LogP contribution in [-0.4, -0.2) is 58.8 Å². The first-order valence-corrected chi connectivity index (χ1v) is 6.28. The Bertz CT molecular complexity index is 485. The monoisotopic (exact) mass is 297 g/mol. The molecule has 0 bridgehead atoms. The molecule has 1 unspecified atom stereocenters. The van der Waals surface area contributed by atoms with Crippen LogP contribution in [0.15, 0.2) is 24.4 Å². The molecule has 0 spiro atoms. The highest BCUT2D eigenvalue weighted by molar-refractivity contribution is 6.02. The second-order valence-electron chi connectivity index (χ2n) is 4.43. The van der Waals surface area contributed by atoms with Crippen LogP contribution in [0.4, 0.5) is 0 Å². The van der Waals surface area contributed by atoms with Crippen molar-refractivity contribution >= 4 is 11.9 Å². The lowest BCUT2D eigenvalue weighted by Crippen LogP contribution is -2.54. The smallest absolute Gasteiger partial charge is 0.348 e. The molecule has 114 valence electrons. The second-order valence-corrected chi connectivity index (χ2v) is 4.43. The van der Waals surface area contributed by atoms with Gasteiger partial charge >= 0.3 is 11.9 Å². The summed E-state index contributed by atoms with van der Waals surface area (Å²) in [4.78, 5) is 27.0. The van der Waals surface area contributed by atoms with E-state index < -0.39 is 30.3 Å². The van der Waals surface area contributed by atoms with E-state index in [4.69, 9.17) is 14.2 Å². The molecule has 8 heteroatoms. The molecular formula is C13H15NO7. The van der Waals surface area contributed by atoms with Gasteiger partial charge in [0.15, 0.2) is 6.29 Å². The fourth-order valence-corrected chi connectivity index (χ4v) is 1.90. The number of nitrogens with zero attached hydrogens (tertiary/aromatic N) is 1. The summed E-state index contributed by atoms with van der Waals surface area (Å²) < 4.78 is 15.5. The van der Waals surface area contributed by atoms with Gasteiger partial charge in [-0.15, -0.1) is 0 Å². The van der Waals surface area contributed by atoms with Crippen LogP contribution in [0.3, 0.4) is 0 Å². The minimum absolute atomic E-state index is 0.0233. The summed E-state index contributed by atoms with van der Waals surface area (Å²) in [6.45, 7) is 0.543. The highest BCUT2D eigenvalue weighted by Crippen LogP contribution is 2.22. The van der Waals surface area contributed by atoms with Crippen molar-refractivity contribution in [3.05, 3.63) is 30.1 Å². The summed E-state index contributed by atoms with van der Waals surface area (Å²) in [7, 11) is 0. The number of carboxylic acid groups (broad SMARTS) is 2. The molecule has 1 aliphatic rings. The lowest BCUT2D eigenvalue weighted by molar-refractivity contribution is -0.259. The van der Waals surface area contributed by atoms with Gasteiger partial charge in [-0.05, 0) is 12.1 Å². The van der Waals surface area contributed by atoms with E-state index in [9.17, 15) is 19.8 Å². The van der Waals surface area contributed by atoms with Crippen LogP contribution in [0.2, 0.25) is 0 Å². The Morgan fingerprint density at radius 2 is 2.10 bits per heavy atom. The van der Waals surface area contributed by atoms with Crippen LogP contribution in [0, 0.1) is 0 Å². The molecule has 1 atom stereocenters. The highest BCUT2D eigenvalue weighted by atomic mass is 16.7. The van der Waals surface area contributed by atoms with E-state index >= 15 is 0 Å². The van der Waals surface area contributed by atoms with E-state index in [1.807, 2.05) is 0 Å². The summed E-state index contributed by atoms with van der Waals surface area (Å²) in [6.07, 6.45) is -0.0165. The number of ether oxygens (including phenoxy) is 3. The van der Waals surface area contributed by atoms with Crippen molar-refractivity contribution in [2.75, 3.05) is 19.8 Å². The highest BCUT2D eigenvalue weighted by Gasteiger charge is 2.51. The number of hydrogen-bond acceptors (Lipinski definition) is 6. The zero-order valence-electron chi connectivity index (χ0n) is 11.1. The third kappa shape index (κ3) is 3.54. The van der Waals surface area contributed by atoms with E-state index in [-0.39, 0.29) is 13.2 Å². The van der Waals surface area contributed by atoms with Crippen molar-refractivity contribution in [1.29, 1.82) is 0 Å². The lowest BCUT2D eigenvalue weighted by atomic mass is 9.97. The van der Waals surface area contributed by atoms with Crippen molar-refractivity contribution in [1.82, 2.24) is 4.98 Å². The molecule has 1 aromatic heterocycles. The van der Waals surface area contributed by atoms with Gasteiger partial charge in [0, 0.05) is 18.3 Å². The Morgan fingerprint density at radius 3 is 2.62 bits per heavy atom. The van der Waals surface area contributed by atoms with Crippen molar-refractivity contribution in [2.45, 2.75) is 18.3 Å². The van der Waals surface area contributed by atoms with Crippen molar-refractivity contribution in [3.8, 4) is 0 Å². The van der Waals surface area contributed by atoms with Crippen LogP contribution >= 0.6 is 0 Å². The van der Waals surface area contributed by atoms with Gasteiger partial charge in [0.2, 0.25) is 0 Å². The molecule has 1 fully saturated rings. The third-order valence-electron chi connectivity index (χ3n) is 2.97. The Labute approximate surface area is 120 Å². The molecule has 0 radical (unpaired) electrons. The summed E-state index contributed by atoms with van der Waals surface area (Å²) in [6, 6.07) is 4.81. The van der Waals surface area contributed by atoms with Crippen molar-refractivity contribution < 1.29 is 34.0 Å². The van der Waals surface area contributed by atoms with E-state index in [2.05, 4.69) is 4.98 Å². The van der Waals surface area contributed by atoms with Crippen LogP contribution in [-0.2, 0) is 30.2 Å². The number of pyridine rings is 1. The predicted octanol–water partition coefficient (Wildman–Crippen LogP) is -0.0784. The fraction of sp³-hybridized carbons (Fsp3) is 0.462. The molecule has 1 saturated heterocycles. The normalized spacial score (nSPS) is 19.1. The van der Waals surface area contributed by atoms with Gasteiger partial charge in [-0.2, -0.15) is 0 Å². The standard InChI is InChI=1S/C13H15NO7/c15-11(16)13(12(17)18,7-9-3-1-2-4-14-9)21-10-8-19-5-6-20-10/h1-4,10H,5-8H2,(H,15,16)(H,17,18). The SMILES string of the molecule is O=C(O)C(Cc1ccccn1)(OC1COCCO1)C(=O)O. The van der Waals surface area contributed by atoms with E-state index in [1.165, 1.54) is 12.3 Å². The topological polar surface area (TPSA) is 115 Å². The molecule has 21 heavy (non-hydrogen) atoms. The molecule has 0 aliphatic carbocycles. The molecule has 1 aliphatic heterocycles. The summed E-state index contributed by atoms with van der Waals surface area (Å²) in [5.74, 6) is -3.23. The quantitative estimate of drug-likeness (QED) is 0.701. The average molecular weight is 297 g/mol. The Kier molecular flexibility index (Phi) is 4.84. The van der Waals surface area contributed by atoms with Crippen LogP contribution in [0.5, 0.6) is 0 Å². The zero-order chi connectivity index (χ0) is 15.3. The zero-order valence-corrected chi connectivity index (χ0v) is 11.1. The van der Waals surface area contributed by atoms with Gasteiger partial charge < -0.3 is 24.4 Å². The third-order valence-corrected chi connectivity index (χ3v) is 2.97. The first-order valence-electron chi connectivity index (χ1n) is 6.28. The summed E-state index contributed by atoms with van der Waals surface area (Å²) in [5.41, 5.74) is -2.18. The predicted molar refractivity (Wildman–Crippen MR) is 67.6 cm³/mol. The van der Waals surface area contributed by atoms with E-state index in [1.54, 1.807) is 12.1 Å². The molecule has 0 aromatic carbocycles. The molecule has 2 N–H and O–H groups in total. The van der Waals surface area contributed by atoms with Gasteiger partial charge in [0.05, 0.1) is 19.8 Å².